The summed E-state index contributed by atoms with van der Waals surface area (Å²) in [5.41, 5.74) is 2.94. The largest absolute Gasteiger partial charge is 0.459 e. The summed E-state index contributed by atoms with van der Waals surface area (Å²) < 4.78 is 5.50. The molecule has 0 radical (unpaired) electrons. The predicted octanol–water partition coefficient (Wildman–Crippen LogP) is 7.41. The number of unbranched alkanes of at least 4 members (excludes halogenated alkanes) is 10. The van der Waals surface area contributed by atoms with E-state index in [1.807, 2.05) is 52.1 Å². The average Bonchev–Trinajstić information content (AvgIpc) is 2.85. The van der Waals surface area contributed by atoms with Crippen LogP contribution in [0.3, 0.4) is 0 Å². The number of carbonyl (C=O) groups is 2. The van der Waals surface area contributed by atoms with Crippen molar-refractivity contribution in [1.29, 1.82) is 0 Å². The molecule has 1 aromatic rings. The van der Waals surface area contributed by atoms with Gasteiger partial charge in [0.2, 0.25) is 5.91 Å². The van der Waals surface area contributed by atoms with Crippen molar-refractivity contribution in [1.82, 2.24) is 10.2 Å². The Bertz CT molecular complexity index is 911. The van der Waals surface area contributed by atoms with E-state index in [0.29, 0.717) is 17.1 Å². The molecule has 1 unspecified atom stereocenters. The second kappa shape index (κ2) is 16.4. The molecule has 1 atom stereocenters. The van der Waals surface area contributed by atoms with Crippen LogP contribution < -0.4 is 10.6 Å². The number of nitrogens with zero attached hydrogens (tertiary/aromatic N) is 1. The number of hydrogen-bond acceptors (Lipinski definition) is 4. The van der Waals surface area contributed by atoms with Crippen LogP contribution in [0.5, 0.6) is 0 Å². The van der Waals surface area contributed by atoms with Gasteiger partial charge in [0.05, 0.1) is 17.7 Å². The number of ether oxygens (including phenoxy) is 1. The molecule has 1 aliphatic heterocycles. The zero-order valence-electron chi connectivity index (χ0n) is 23.5. The van der Waals surface area contributed by atoms with E-state index in [2.05, 4.69) is 17.6 Å². The van der Waals surface area contributed by atoms with Crippen LogP contribution in [0.4, 0.5) is 5.69 Å². The molecule has 1 aliphatic rings. The normalized spacial score (nSPS) is 15.7. The highest BCUT2D eigenvalue weighted by molar-refractivity contribution is 7.80. The summed E-state index contributed by atoms with van der Waals surface area (Å²) >= 11 is 5.46. The molecular formula is C30H47N3O3S. The zero-order valence-corrected chi connectivity index (χ0v) is 24.3. The van der Waals surface area contributed by atoms with Gasteiger partial charge >= 0.3 is 5.97 Å². The molecule has 206 valence electrons. The van der Waals surface area contributed by atoms with E-state index in [9.17, 15) is 9.59 Å². The second-order valence-corrected chi connectivity index (χ2v) is 10.7. The zero-order chi connectivity index (χ0) is 27.2. The number of hydrogen-bond donors (Lipinski definition) is 2. The van der Waals surface area contributed by atoms with Gasteiger partial charge in [0.15, 0.2) is 5.11 Å². The molecule has 2 rings (SSSR count). The molecule has 0 aliphatic carbocycles. The highest BCUT2D eigenvalue weighted by Crippen LogP contribution is 2.31. The maximum absolute atomic E-state index is 12.9. The second-order valence-electron chi connectivity index (χ2n) is 10.4. The number of amides is 1. The van der Waals surface area contributed by atoms with Gasteiger partial charge in [-0.1, -0.05) is 83.3 Å². The van der Waals surface area contributed by atoms with Crippen molar-refractivity contribution in [2.75, 3.05) is 12.4 Å². The van der Waals surface area contributed by atoms with E-state index in [-0.39, 0.29) is 18.0 Å². The number of nitrogens with one attached hydrogen (secondary N) is 2. The van der Waals surface area contributed by atoms with Crippen molar-refractivity contribution in [2.24, 2.45) is 0 Å². The lowest BCUT2D eigenvalue weighted by molar-refractivity contribution is -0.143. The molecule has 0 saturated heterocycles. The number of anilines is 1. The molecule has 0 spiro atoms. The molecule has 0 saturated carbocycles. The number of esters is 1. The minimum atomic E-state index is -0.406. The van der Waals surface area contributed by atoms with Crippen LogP contribution in [0.15, 0.2) is 35.5 Å². The molecular weight excluding hydrogens is 482 g/mol. The molecule has 7 heteroatoms. The van der Waals surface area contributed by atoms with Crippen LogP contribution in [0, 0.1) is 0 Å². The van der Waals surface area contributed by atoms with E-state index in [0.717, 1.165) is 29.8 Å². The first kappa shape index (κ1) is 30.8. The molecule has 0 fully saturated rings. The molecule has 1 aromatic carbocycles. The highest BCUT2D eigenvalue weighted by atomic mass is 32.1. The van der Waals surface area contributed by atoms with Gasteiger partial charge in [0.25, 0.3) is 0 Å². The van der Waals surface area contributed by atoms with Gasteiger partial charge in [-0.15, -0.1) is 0 Å². The number of allylic oxidation sites excluding steroid dienone is 1. The summed E-state index contributed by atoms with van der Waals surface area (Å²) in [5.74, 6) is -0.317. The van der Waals surface area contributed by atoms with Gasteiger partial charge < -0.3 is 20.3 Å². The summed E-state index contributed by atoms with van der Waals surface area (Å²) in [6.07, 6.45) is 14.3. The van der Waals surface area contributed by atoms with Crippen LogP contribution >= 0.6 is 12.2 Å². The first-order valence-corrected chi connectivity index (χ1v) is 14.5. The van der Waals surface area contributed by atoms with Crippen molar-refractivity contribution in [2.45, 2.75) is 117 Å². The fraction of sp³-hybridized carbons (Fsp3) is 0.633. The third-order valence-electron chi connectivity index (χ3n) is 6.85. The van der Waals surface area contributed by atoms with Gasteiger partial charge in [-0.2, -0.15) is 0 Å². The molecule has 2 N–H and O–H groups in total. The van der Waals surface area contributed by atoms with Crippen LogP contribution in [0.25, 0.3) is 0 Å². The summed E-state index contributed by atoms with van der Waals surface area (Å²) in [5, 5.41) is 6.80. The van der Waals surface area contributed by atoms with Crippen molar-refractivity contribution in [3.8, 4) is 0 Å². The predicted molar refractivity (Wildman–Crippen MR) is 156 cm³/mol. The third-order valence-corrected chi connectivity index (χ3v) is 7.24. The molecule has 1 heterocycles. The SMILES string of the molecule is CCCCCCCCCCCCCC(=O)Nc1ccc(C2NC(=S)N(C)C(C)=C2C(=O)OC(C)C)cc1. The Labute approximate surface area is 229 Å². The number of rotatable bonds is 16. The van der Waals surface area contributed by atoms with Crippen molar-refractivity contribution in [3.63, 3.8) is 0 Å². The summed E-state index contributed by atoms with van der Waals surface area (Å²) in [6, 6.07) is 7.17. The van der Waals surface area contributed by atoms with Gasteiger partial charge in [-0.25, -0.2) is 4.79 Å². The van der Waals surface area contributed by atoms with Crippen molar-refractivity contribution >= 4 is 34.9 Å². The van der Waals surface area contributed by atoms with Crippen molar-refractivity contribution in [3.05, 3.63) is 41.1 Å². The minimum absolute atomic E-state index is 0.0409. The Morgan fingerprint density at radius 1 is 0.973 bits per heavy atom. The Morgan fingerprint density at radius 3 is 2.05 bits per heavy atom. The van der Waals surface area contributed by atoms with Gasteiger partial charge in [0, 0.05) is 24.9 Å². The lowest BCUT2D eigenvalue weighted by Crippen LogP contribution is -2.46. The van der Waals surface area contributed by atoms with Crippen LogP contribution in [0.1, 0.15) is 116 Å². The Kier molecular flexibility index (Phi) is 13.7. The maximum atomic E-state index is 12.9. The Morgan fingerprint density at radius 2 is 1.51 bits per heavy atom. The van der Waals surface area contributed by atoms with E-state index in [1.54, 1.807) is 4.90 Å². The standard InChI is InChI=1S/C30H47N3O3S/c1-6-7-8-9-10-11-12-13-14-15-16-17-26(34)31-25-20-18-24(19-21-25)28-27(29(35)36-22(2)3)23(4)33(5)30(37)32-28/h18-22,28H,6-17H2,1-5H3,(H,31,34)(H,32,37). The van der Waals surface area contributed by atoms with Crippen LogP contribution in [-0.2, 0) is 14.3 Å². The van der Waals surface area contributed by atoms with E-state index >= 15 is 0 Å². The molecule has 1 amide bonds. The molecule has 0 aromatic heterocycles. The van der Waals surface area contributed by atoms with Crippen LogP contribution in [0.2, 0.25) is 0 Å². The topological polar surface area (TPSA) is 70.7 Å². The average molecular weight is 530 g/mol. The fourth-order valence-corrected chi connectivity index (χ4v) is 4.81. The first-order chi connectivity index (χ1) is 17.7. The third kappa shape index (κ3) is 10.5. The fourth-order valence-electron chi connectivity index (χ4n) is 4.56. The summed E-state index contributed by atoms with van der Waals surface area (Å²) in [4.78, 5) is 27.1. The minimum Gasteiger partial charge on any atom is -0.459 e. The lowest BCUT2D eigenvalue weighted by atomic mass is 9.95. The molecule has 0 bridgehead atoms. The quantitative estimate of drug-likeness (QED) is 0.132. The van der Waals surface area contributed by atoms with E-state index < -0.39 is 6.04 Å². The Hall–Kier alpha value is -2.41. The van der Waals surface area contributed by atoms with Crippen molar-refractivity contribution < 1.29 is 14.3 Å². The smallest absolute Gasteiger partial charge is 0.338 e. The van der Waals surface area contributed by atoms with Crippen LogP contribution in [-0.4, -0.2) is 35.0 Å². The van der Waals surface area contributed by atoms with Gasteiger partial charge in [-0.05, 0) is 57.1 Å². The van der Waals surface area contributed by atoms with Gasteiger partial charge in [0.1, 0.15) is 0 Å². The van der Waals surface area contributed by atoms with E-state index in [1.165, 1.54) is 57.8 Å². The lowest BCUT2D eigenvalue weighted by Gasteiger charge is -2.35. The van der Waals surface area contributed by atoms with Gasteiger partial charge in [-0.3, -0.25) is 4.79 Å². The number of carbonyl (C=O) groups excluding carboxylic acids is 2. The summed E-state index contributed by atoms with van der Waals surface area (Å²) in [7, 11) is 1.83. The number of benzene rings is 1. The Balaban J connectivity index is 1.80. The van der Waals surface area contributed by atoms with E-state index in [4.69, 9.17) is 17.0 Å². The maximum Gasteiger partial charge on any atom is 0.338 e. The molecule has 6 nitrogen and oxygen atoms in total. The monoisotopic (exact) mass is 529 g/mol. The molecule has 37 heavy (non-hydrogen) atoms. The number of thiocarbonyl (C=S) groups is 1. The highest BCUT2D eigenvalue weighted by Gasteiger charge is 2.33. The first-order valence-electron chi connectivity index (χ1n) is 14.1. The summed E-state index contributed by atoms with van der Waals surface area (Å²) in [6.45, 7) is 7.80.